The highest BCUT2D eigenvalue weighted by atomic mass is 32.1. The Morgan fingerprint density at radius 1 is 0.973 bits per heavy atom. The van der Waals surface area contributed by atoms with Crippen LogP contribution in [-0.4, -0.2) is 35.4 Å². The molecule has 1 saturated heterocycles. The normalized spacial score (nSPS) is 14.6. The number of phenols is 1. The SMILES string of the molecule is Cc1cc(F)cc(C)c1C(=O)c1sc2cc(O)ccc2c1Oc1ccc(CCN2CCCCCC2)cc1. The van der Waals surface area contributed by atoms with Crippen molar-refractivity contribution in [2.24, 2.45) is 0 Å². The molecule has 37 heavy (non-hydrogen) atoms. The number of aryl methyl sites for hydroxylation is 2. The summed E-state index contributed by atoms with van der Waals surface area (Å²) in [6.07, 6.45) is 6.25. The van der Waals surface area contributed by atoms with E-state index >= 15 is 0 Å². The topological polar surface area (TPSA) is 49.8 Å². The molecule has 192 valence electrons. The Hall–Kier alpha value is -3.22. The third kappa shape index (κ3) is 5.71. The van der Waals surface area contributed by atoms with Crippen molar-refractivity contribution in [1.29, 1.82) is 0 Å². The molecule has 0 bridgehead atoms. The van der Waals surface area contributed by atoms with Gasteiger partial charge in [-0.3, -0.25) is 4.79 Å². The van der Waals surface area contributed by atoms with Gasteiger partial charge in [0.1, 0.15) is 22.2 Å². The Labute approximate surface area is 221 Å². The summed E-state index contributed by atoms with van der Waals surface area (Å²) in [5.74, 6) is 0.667. The average Bonchev–Trinajstić information content (AvgIpc) is 3.01. The number of hydrogen-bond acceptors (Lipinski definition) is 5. The molecule has 0 atom stereocenters. The van der Waals surface area contributed by atoms with Gasteiger partial charge in [-0.05, 0) is 105 Å². The van der Waals surface area contributed by atoms with Gasteiger partial charge in [-0.25, -0.2) is 4.39 Å². The van der Waals surface area contributed by atoms with Crippen LogP contribution in [0.2, 0.25) is 0 Å². The van der Waals surface area contributed by atoms with Gasteiger partial charge in [0.2, 0.25) is 5.78 Å². The van der Waals surface area contributed by atoms with E-state index in [1.54, 1.807) is 32.0 Å². The maximum Gasteiger partial charge on any atom is 0.207 e. The molecule has 2 heterocycles. The Balaban J connectivity index is 1.42. The zero-order chi connectivity index (χ0) is 25.9. The van der Waals surface area contributed by atoms with E-state index < -0.39 is 0 Å². The first kappa shape index (κ1) is 25.4. The Morgan fingerprint density at radius 2 is 1.65 bits per heavy atom. The first-order valence-electron chi connectivity index (χ1n) is 12.9. The molecule has 3 aromatic carbocycles. The maximum absolute atomic E-state index is 13.9. The van der Waals surface area contributed by atoms with Gasteiger partial charge in [0.15, 0.2) is 5.75 Å². The molecule has 0 saturated carbocycles. The van der Waals surface area contributed by atoms with Gasteiger partial charge in [-0.1, -0.05) is 25.0 Å². The molecule has 1 aliphatic heterocycles. The molecular weight excluding hydrogens is 485 g/mol. The fraction of sp³-hybridized carbons (Fsp3) is 0.323. The van der Waals surface area contributed by atoms with Crippen LogP contribution in [0.1, 0.15) is 57.6 Å². The lowest BCUT2D eigenvalue weighted by Crippen LogP contribution is -2.26. The van der Waals surface area contributed by atoms with Crippen molar-refractivity contribution < 1.29 is 19.0 Å². The highest BCUT2D eigenvalue weighted by molar-refractivity contribution is 7.21. The second-order valence-electron chi connectivity index (χ2n) is 9.94. The highest BCUT2D eigenvalue weighted by Gasteiger charge is 2.25. The van der Waals surface area contributed by atoms with Crippen LogP contribution in [0.3, 0.4) is 0 Å². The summed E-state index contributed by atoms with van der Waals surface area (Å²) in [7, 11) is 0. The van der Waals surface area contributed by atoms with Crippen LogP contribution in [-0.2, 0) is 6.42 Å². The van der Waals surface area contributed by atoms with E-state index in [1.807, 2.05) is 12.1 Å². The molecule has 1 aromatic heterocycles. The molecule has 0 amide bonds. The predicted molar refractivity (Wildman–Crippen MR) is 148 cm³/mol. The fourth-order valence-corrected chi connectivity index (χ4v) is 6.29. The van der Waals surface area contributed by atoms with Crippen molar-refractivity contribution in [2.45, 2.75) is 46.0 Å². The second kappa shape index (κ2) is 11.0. The van der Waals surface area contributed by atoms with E-state index in [9.17, 15) is 14.3 Å². The Bertz CT molecular complexity index is 1400. The van der Waals surface area contributed by atoms with Crippen LogP contribution in [0, 0.1) is 19.7 Å². The summed E-state index contributed by atoms with van der Waals surface area (Å²) >= 11 is 1.28. The van der Waals surface area contributed by atoms with Gasteiger partial charge in [-0.15, -0.1) is 11.3 Å². The summed E-state index contributed by atoms with van der Waals surface area (Å²) in [6, 6.07) is 15.8. The third-order valence-electron chi connectivity index (χ3n) is 7.12. The summed E-state index contributed by atoms with van der Waals surface area (Å²) in [5.41, 5.74) is 2.90. The molecule has 1 N–H and O–H groups in total. The summed E-state index contributed by atoms with van der Waals surface area (Å²) in [6.45, 7) is 6.92. The molecule has 0 unspecified atom stereocenters. The number of rotatable bonds is 7. The Kier molecular flexibility index (Phi) is 7.58. The fourth-order valence-electron chi connectivity index (χ4n) is 5.18. The van der Waals surface area contributed by atoms with Crippen LogP contribution in [0.4, 0.5) is 4.39 Å². The second-order valence-corrected chi connectivity index (χ2v) is 11.0. The number of halogens is 1. The van der Waals surface area contributed by atoms with Crippen LogP contribution >= 0.6 is 11.3 Å². The van der Waals surface area contributed by atoms with Gasteiger partial charge >= 0.3 is 0 Å². The standard InChI is InChI=1S/C31H32FNO3S/c1-20-17-23(32)18-21(2)28(20)29(35)31-30(26-12-9-24(34)19-27(26)37-31)36-25-10-7-22(8-11-25)13-16-33-14-5-3-4-6-15-33/h7-12,17-19,34H,3-6,13-16H2,1-2H3. The van der Waals surface area contributed by atoms with Crippen molar-refractivity contribution >= 4 is 27.2 Å². The molecule has 6 heteroatoms. The number of nitrogens with zero attached hydrogens (tertiary/aromatic N) is 1. The number of aromatic hydroxyl groups is 1. The number of carbonyl (C=O) groups excluding carboxylic acids is 1. The molecule has 4 nitrogen and oxygen atoms in total. The van der Waals surface area contributed by atoms with Gasteiger partial charge in [0.05, 0.1) is 0 Å². The monoisotopic (exact) mass is 517 g/mol. The molecule has 5 rings (SSSR count). The van der Waals surface area contributed by atoms with Crippen molar-refractivity contribution in [3.05, 3.63) is 87.5 Å². The molecule has 4 aromatic rings. The number of hydrogen-bond donors (Lipinski definition) is 1. The number of benzene rings is 3. The van der Waals surface area contributed by atoms with E-state index in [1.165, 1.54) is 67.8 Å². The van der Waals surface area contributed by atoms with E-state index in [-0.39, 0.29) is 17.3 Å². The predicted octanol–water partition coefficient (Wildman–Crippen LogP) is 7.80. The largest absolute Gasteiger partial charge is 0.508 e. The number of fused-ring (bicyclic) bond motifs is 1. The quantitative estimate of drug-likeness (QED) is 0.254. The molecular formula is C31H32FNO3S. The van der Waals surface area contributed by atoms with E-state index in [0.29, 0.717) is 33.1 Å². The van der Waals surface area contributed by atoms with Crippen LogP contribution in [0.5, 0.6) is 17.2 Å². The van der Waals surface area contributed by atoms with Gasteiger partial charge in [0.25, 0.3) is 0 Å². The Morgan fingerprint density at radius 3 is 2.32 bits per heavy atom. The molecule has 1 aliphatic rings. The summed E-state index contributed by atoms with van der Waals surface area (Å²) in [5, 5.41) is 10.8. The van der Waals surface area contributed by atoms with Gasteiger partial charge in [-0.2, -0.15) is 0 Å². The number of thiophene rings is 1. The average molecular weight is 518 g/mol. The summed E-state index contributed by atoms with van der Waals surface area (Å²) in [4.78, 5) is 16.7. The number of phenolic OH excluding ortho intramolecular Hbond substituents is 1. The first-order chi connectivity index (χ1) is 17.9. The van der Waals surface area contributed by atoms with Crippen LogP contribution < -0.4 is 4.74 Å². The molecule has 0 aliphatic carbocycles. The van der Waals surface area contributed by atoms with Crippen LogP contribution in [0.25, 0.3) is 10.1 Å². The lowest BCUT2D eigenvalue weighted by Gasteiger charge is -2.19. The van der Waals surface area contributed by atoms with E-state index in [0.717, 1.165) is 23.1 Å². The van der Waals surface area contributed by atoms with Crippen molar-refractivity contribution in [3.63, 3.8) is 0 Å². The number of ether oxygens (including phenoxy) is 1. The lowest BCUT2D eigenvalue weighted by molar-refractivity contribution is 0.103. The van der Waals surface area contributed by atoms with Crippen molar-refractivity contribution in [1.82, 2.24) is 4.90 Å². The van der Waals surface area contributed by atoms with Crippen LogP contribution in [0.15, 0.2) is 54.6 Å². The number of carbonyl (C=O) groups is 1. The van der Waals surface area contributed by atoms with E-state index in [2.05, 4.69) is 17.0 Å². The summed E-state index contributed by atoms with van der Waals surface area (Å²) < 4.78 is 21.0. The van der Waals surface area contributed by atoms with Crippen molar-refractivity contribution in [2.75, 3.05) is 19.6 Å². The molecule has 0 spiro atoms. The zero-order valence-electron chi connectivity index (χ0n) is 21.4. The van der Waals surface area contributed by atoms with E-state index in [4.69, 9.17) is 4.74 Å². The minimum absolute atomic E-state index is 0.127. The number of likely N-dealkylation sites (tertiary alicyclic amines) is 1. The van der Waals surface area contributed by atoms with Crippen molar-refractivity contribution in [3.8, 4) is 17.2 Å². The minimum Gasteiger partial charge on any atom is -0.508 e. The molecule has 0 radical (unpaired) electrons. The smallest absolute Gasteiger partial charge is 0.207 e. The molecule has 1 fully saturated rings. The van der Waals surface area contributed by atoms with Gasteiger partial charge in [0, 0.05) is 22.2 Å². The third-order valence-corrected chi connectivity index (χ3v) is 8.25. The zero-order valence-corrected chi connectivity index (χ0v) is 22.2. The maximum atomic E-state index is 13.9. The lowest BCUT2D eigenvalue weighted by atomic mass is 9.97. The first-order valence-corrected chi connectivity index (χ1v) is 13.8. The van der Waals surface area contributed by atoms with Gasteiger partial charge < -0.3 is 14.7 Å². The highest BCUT2D eigenvalue weighted by Crippen LogP contribution is 2.43. The minimum atomic E-state index is -0.361. The number of ketones is 1.